The molecular weight excluding hydrogens is 817 g/mol. The highest BCUT2D eigenvalue weighted by Crippen LogP contribution is 2.14. The first-order valence-electron chi connectivity index (χ1n) is 27.0. The van der Waals surface area contributed by atoms with Crippen LogP contribution in [0.4, 0.5) is 0 Å². The van der Waals surface area contributed by atoms with Crippen molar-refractivity contribution in [3.8, 4) is 0 Å². The van der Waals surface area contributed by atoms with Crippen LogP contribution in [-0.2, 0) is 28.6 Å². The molecule has 0 aromatic carbocycles. The smallest absolute Gasteiger partial charge is 0.306 e. The number of unbranched alkanes of at least 4 members (excludes halogenated alkanes) is 23. The van der Waals surface area contributed by atoms with Crippen LogP contribution < -0.4 is 0 Å². The maximum Gasteiger partial charge on any atom is 0.306 e. The second-order valence-electron chi connectivity index (χ2n) is 17.5. The monoisotopic (exact) mass is 915 g/mol. The zero-order chi connectivity index (χ0) is 47.9. The van der Waals surface area contributed by atoms with Crippen molar-refractivity contribution < 1.29 is 28.6 Å². The maximum absolute atomic E-state index is 12.8. The summed E-state index contributed by atoms with van der Waals surface area (Å²) in [6.07, 6.45) is 72.0. The molecule has 0 aliphatic carbocycles. The van der Waals surface area contributed by atoms with E-state index in [2.05, 4.69) is 130 Å². The molecule has 0 aromatic heterocycles. The van der Waals surface area contributed by atoms with Gasteiger partial charge in [0.25, 0.3) is 0 Å². The fourth-order valence-corrected chi connectivity index (χ4v) is 7.07. The Hall–Kier alpha value is -3.93. The lowest BCUT2D eigenvalue weighted by Crippen LogP contribution is -2.30. The van der Waals surface area contributed by atoms with Crippen LogP contribution in [0.5, 0.6) is 0 Å². The molecule has 0 fully saturated rings. The average Bonchev–Trinajstić information content (AvgIpc) is 3.31. The van der Waals surface area contributed by atoms with Crippen molar-refractivity contribution in [3.63, 3.8) is 0 Å². The highest BCUT2D eigenvalue weighted by molar-refractivity contribution is 5.71. The quantitative estimate of drug-likeness (QED) is 0.0199. The second kappa shape index (κ2) is 53.7. The summed E-state index contributed by atoms with van der Waals surface area (Å²) in [6, 6.07) is 0. The largest absolute Gasteiger partial charge is 0.462 e. The molecular formula is C60H98O6. The summed E-state index contributed by atoms with van der Waals surface area (Å²) in [4.78, 5) is 38.1. The summed E-state index contributed by atoms with van der Waals surface area (Å²) in [5.41, 5.74) is 0. The van der Waals surface area contributed by atoms with Crippen molar-refractivity contribution in [1.82, 2.24) is 0 Å². The Kier molecular flexibility index (Phi) is 50.5. The number of esters is 3. The number of carbonyl (C=O) groups excluding carboxylic acids is 3. The Morgan fingerprint density at radius 2 is 0.652 bits per heavy atom. The van der Waals surface area contributed by atoms with E-state index in [-0.39, 0.29) is 31.1 Å². The van der Waals surface area contributed by atoms with Crippen LogP contribution in [0.2, 0.25) is 0 Å². The van der Waals surface area contributed by atoms with Gasteiger partial charge in [-0.3, -0.25) is 14.4 Å². The van der Waals surface area contributed by atoms with Gasteiger partial charge in [0.1, 0.15) is 13.2 Å². The van der Waals surface area contributed by atoms with Crippen molar-refractivity contribution >= 4 is 17.9 Å². The lowest BCUT2D eigenvalue weighted by atomic mass is 10.1. The first kappa shape index (κ1) is 62.1. The highest BCUT2D eigenvalue weighted by Gasteiger charge is 2.19. The zero-order valence-corrected chi connectivity index (χ0v) is 42.7. The van der Waals surface area contributed by atoms with Gasteiger partial charge in [0, 0.05) is 19.3 Å². The molecule has 0 bridgehead atoms. The van der Waals surface area contributed by atoms with Gasteiger partial charge in [-0.15, -0.1) is 0 Å². The minimum Gasteiger partial charge on any atom is -0.462 e. The van der Waals surface area contributed by atoms with Gasteiger partial charge in [-0.1, -0.05) is 226 Å². The van der Waals surface area contributed by atoms with E-state index in [9.17, 15) is 14.4 Å². The molecule has 0 aliphatic rings. The average molecular weight is 915 g/mol. The predicted molar refractivity (Wildman–Crippen MR) is 283 cm³/mol. The molecule has 0 saturated carbocycles. The third-order valence-corrected chi connectivity index (χ3v) is 11.1. The molecule has 6 heteroatoms. The minimum absolute atomic E-state index is 0.102. The van der Waals surface area contributed by atoms with Crippen molar-refractivity contribution in [2.24, 2.45) is 0 Å². The summed E-state index contributed by atoms with van der Waals surface area (Å²) in [6.45, 7) is 6.39. The van der Waals surface area contributed by atoms with Crippen molar-refractivity contribution in [2.45, 2.75) is 239 Å². The van der Waals surface area contributed by atoms with Gasteiger partial charge in [-0.25, -0.2) is 0 Å². The van der Waals surface area contributed by atoms with Gasteiger partial charge < -0.3 is 14.2 Å². The first-order valence-corrected chi connectivity index (χ1v) is 27.0. The van der Waals surface area contributed by atoms with E-state index in [1.54, 1.807) is 0 Å². The lowest BCUT2D eigenvalue weighted by molar-refractivity contribution is -0.167. The Morgan fingerprint density at radius 3 is 1.05 bits per heavy atom. The van der Waals surface area contributed by atoms with E-state index in [0.717, 1.165) is 122 Å². The van der Waals surface area contributed by atoms with E-state index in [0.29, 0.717) is 19.3 Å². The lowest BCUT2D eigenvalue weighted by Gasteiger charge is -2.18. The van der Waals surface area contributed by atoms with Crippen LogP contribution in [0, 0.1) is 0 Å². The van der Waals surface area contributed by atoms with Crippen LogP contribution in [0.1, 0.15) is 233 Å². The van der Waals surface area contributed by atoms with Crippen LogP contribution in [0.15, 0.2) is 109 Å². The summed E-state index contributed by atoms with van der Waals surface area (Å²) in [5, 5.41) is 0. The van der Waals surface area contributed by atoms with Gasteiger partial charge in [0.05, 0.1) is 0 Å². The van der Waals surface area contributed by atoms with Crippen LogP contribution >= 0.6 is 0 Å². The Bertz CT molecular complexity index is 1370. The molecule has 0 N–H and O–H groups in total. The van der Waals surface area contributed by atoms with Crippen LogP contribution in [0.3, 0.4) is 0 Å². The summed E-state index contributed by atoms with van der Waals surface area (Å²) < 4.78 is 16.8. The molecule has 0 rings (SSSR count). The normalized spacial score (nSPS) is 13.0. The molecule has 66 heavy (non-hydrogen) atoms. The molecule has 374 valence electrons. The molecule has 0 saturated heterocycles. The number of hydrogen-bond acceptors (Lipinski definition) is 6. The number of allylic oxidation sites excluding steroid dienone is 18. The van der Waals surface area contributed by atoms with E-state index >= 15 is 0 Å². The Morgan fingerprint density at radius 1 is 0.333 bits per heavy atom. The minimum atomic E-state index is -0.803. The third-order valence-electron chi connectivity index (χ3n) is 11.1. The predicted octanol–water partition coefficient (Wildman–Crippen LogP) is 17.9. The summed E-state index contributed by atoms with van der Waals surface area (Å²) in [5.74, 6) is -0.954. The standard InChI is InChI=1S/C60H98O6/c1-4-7-10-13-16-19-22-25-27-29-31-32-35-38-41-44-47-50-53-59(62)65-56-57(55-64-58(61)52-49-46-43-40-37-34-24-21-18-15-12-9-6-3)66-60(63)54-51-48-45-42-39-36-33-30-28-26-23-20-17-14-11-8-5-2/h9,12,15-22,24-29,31-32,57H,4-8,10-11,13-14,23,30,33-56H2,1-3H3/b12-9-,18-15-,19-16-,20-17-,24-21-,25-22-,28-26-,29-27-,32-31-. The Labute approximate surface area is 406 Å². The number of ether oxygens (including phenoxy) is 3. The fraction of sp³-hybridized carbons (Fsp3) is 0.650. The van der Waals surface area contributed by atoms with Gasteiger partial charge >= 0.3 is 17.9 Å². The Balaban J connectivity index is 4.48. The van der Waals surface area contributed by atoms with E-state index in [1.807, 2.05) is 0 Å². The SMILES string of the molecule is CC\C=C/C=C\C=C/CCCCCCCC(=O)OCC(COC(=O)CCCCCCC\C=C/C=C\C=C/C=C\CCCCC)OC(=O)CCCCCCCCC/C=C\C/C=C\CCCCC. The summed E-state index contributed by atoms with van der Waals surface area (Å²) >= 11 is 0. The number of rotatable bonds is 47. The van der Waals surface area contributed by atoms with Crippen LogP contribution in [0.25, 0.3) is 0 Å². The summed E-state index contributed by atoms with van der Waals surface area (Å²) in [7, 11) is 0. The second-order valence-corrected chi connectivity index (χ2v) is 17.5. The highest BCUT2D eigenvalue weighted by atomic mass is 16.6. The molecule has 1 unspecified atom stereocenters. The molecule has 0 radical (unpaired) electrons. The van der Waals surface area contributed by atoms with E-state index < -0.39 is 6.10 Å². The molecule has 0 aromatic rings. The molecule has 1 atom stereocenters. The van der Waals surface area contributed by atoms with Crippen molar-refractivity contribution in [1.29, 1.82) is 0 Å². The first-order chi connectivity index (χ1) is 32.5. The van der Waals surface area contributed by atoms with E-state index in [4.69, 9.17) is 14.2 Å². The molecule has 0 aliphatic heterocycles. The molecule has 0 amide bonds. The van der Waals surface area contributed by atoms with Crippen molar-refractivity contribution in [3.05, 3.63) is 109 Å². The van der Waals surface area contributed by atoms with E-state index in [1.165, 1.54) is 70.6 Å². The number of carbonyl (C=O) groups is 3. The van der Waals surface area contributed by atoms with Crippen LogP contribution in [-0.4, -0.2) is 37.2 Å². The maximum atomic E-state index is 12.8. The van der Waals surface area contributed by atoms with Gasteiger partial charge in [0.2, 0.25) is 0 Å². The topological polar surface area (TPSA) is 78.9 Å². The van der Waals surface area contributed by atoms with Crippen molar-refractivity contribution in [2.75, 3.05) is 13.2 Å². The van der Waals surface area contributed by atoms with Gasteiger partial charge in [0.15, 0.2) is 6.10 Å². The van der Waals surface area contributed by atoms with Gasteiger partial charge in [-0.05, 0) is 96.3 Å². The third kappa shape index (κ3) is 51.1. The number of hydrogen-bond donors (Lipinski definition) is 0. The fourth-order valence-electron chi connectivity index (χ4n) is 7.07. The van der Waals surface area contributed by atoms with Gasteiger partial charge in [-0.2, -0.15) is 0 Å². The zero-order valence-electron chi connectivity index (χ0n) is 42.7. The molecule has 0 heterocycles. The molecule has 6 nitrogen and oxygen atoms in total. The molecule has 0 spiro atoms.